The molecule has 1 heterocycles. The predicted octanol–water partition coefficient (Wildman–Crippen LogP) is 3.05. The smallest absolute Gasteiger partial charge is 0.177 e. The Bertz CT molecular complexity index is 529. The van der Waals surface area contributed by atoms with E-state index in [4.69, 9.17) is 4.74 Å². The Balaban J connectivity index is 1.77. The molecule has 2 atom stereocenters. The van der Waals surface area contributed by atoms with E-state index in [1.807, 2.05) is 13.8 Å². The Morgan fingerprint density at radius 2 is 1.95 bits per heavy atom. The van der Waals surface area contributed by atoms with Gasteiger partial charge < -0.3 is 4.74 Å². The summed E-state index contributed by atoms with van der Waals surface area (Å²) in [7, 11) is 0. The number of carbonyl (C=O) groups is 1. The Hall–Kier alpha value is -1.19. The number of fused-ring (bicyclic) bond motifs is 1. The summed E-state index contributed by atoms with van der Waals surface area (Å²) in [6.07, 6.45) is 3.90. The molecule has 0 aromatic heterocycles. The monoisotopic (exact) mass is 287 g/mol. The summed E-state index contributed by atoms with van der Waals surface area (Å²) < 4.78 is 5.83. The third-order valence-electron chi connectivity index (χ3n) is 4.90. The molecule has 0 N–H and O–H groups in total. The first-order valence-corrected chi connectivity index (χ1v) is 8.03. The fourth-order valence-electron chi connectivity index (χ4n) is 4.09. The molecule has 1 saturated carbocycles. The van der Waals surface area contributed by atoms with E-state index >= 15 is 0 Å². The van der Waals surface area contributed by atoms with Crippen molar-refractivity contribution in [1.29, 1.82) is 0 Å². The predicted molar refractivity (Wildman–Crippen MR) is 83.9 cm³/mol. The first kappa shape index (κ1) is 14.7. The van der Waals surface area contributed by atoms with Crippen molar-refractivity contribution >= 4 is 5.78 Å². The number of ether oxygens (including phenoxy) is 1. The maximum Gasteiger partial charge on any atom is 0.177 e. The van der Waals surface area contributed by atoms with Crippen LogP contribution in [0.1, 0.15) is 46.3 Å². The Labute approximate surface area is 127 Å². The van der Waals surface area contributed by atoms with Gasteiger partial charge in [0.05, 0.1) is 19.3 Å². The lowest BCUT2D eigenvalue weighted by Crippen LogP contribution is -2.50. The van der Waals surface area contributed by atoms with Crippen LogP contribution in [0.15, 0.2) is 12.1 Å². The Morgan fingerprint density at radius 3 is 2.67 bits per heavy atom. The zero-order valence-corrected chi connectivity index (χ0v) is 13.3. The van der Waals surface area contributed by atoms with E-state index in [1.165, 1.54) is 18.4 Å². The van der Waals surface area contributed by atoms with Crippen molar-refractivity contribution in [1.82, 2.24) is 4.90 Å². The average molecular weight is 287 g/mol. The fraction of sp³-hybridized carbons (Fsp3) is 0.611. The molecule has 1 aliphatic carbocycles. The molecule has 0 bridgehead atoms. The van der Waals surface area contributed by atoms with Gasteiger partial charge in [-0.15, -0.1) is 0 Å². The van der Waals surface area contributed by atoms with Crippen LogP contribution in [-0.4, -0.2) is 42.5 Å². The second-order valence-electron chi connectivity index (χ2n) is 6.57. The quantitative estimate of drug-likeness (QED) is 0.800. The van der Waals surface area contributed by atoms with Gasteiger partial charge in [0.15, 0.2) is 5.78 Å². The van der Waals surface area contributed by atoms with Crippen LogP contribution in [0.3, 0.4) is 0 Å². The van der Waals surface area contributed by atoms with Crippen LogP contribution in [0, 0.1) is 20.8 Å². The van der Waals surface area contributed by atoms with Gasteiger partial charge in [0.2, 0.25) is 0 Å². The van der Waals surface area contributed by atoms with Gasteiger partial charge >= 0.3 is 0 Å². The number of hydrogen-bond donors (Lipinski definition) is 0. The standard InChI is InChI=1S/C18H25NO2/c1-12-9-13(2)18(14(3)10-12)16(20)11-19-7-8-21-17-6-4-5-15(17)19/h9-10,15,17H,4-8,11H2,1-3H3. The SMILES string of the molecule is Cc1cc(C)c(C(=O)CN2CCOC3CCCC32)c(C)c1. The molecule has 3 nitrogen and oxygen atoms in total. The van der Waals surface area contributed by atoms with Crippen LogP contribution < -0.4 is 0 Å². The molecule has 0 radical (unpaired) electrons. The third-order valence-corrected chi connectivity index (χ3v) is 4.90. The van der Waals surface area contributed by atoms with Gasteiger partial charge in [-0.2, -0.15) is 0 Å². The number of rotatable bonds is 3. The molecule has 3 heteroatoms. The summed E-state index contributed by atoms with van der Waals surface area (Å²) in [6, 6.07) is 4.67. The molecule has 0 spiro atoms. The summed E-state index contributed by atoms with van der Waals surface area (Å²) in [5.41, 5.74) is 4.35. The number of Topliss-reactive ketones (excluding diaryl/α,β-unsaturated/α-hetero) is 1. The van der Waals surface area contributed by atoms with Gasteiger partial charge in [-0.25, -0.2) is 0 Å². The Morgan fingerprint density at radius 1 is 1.24 bits per heavy atom. The van der Waals surface area contributed by atoms with Crippen molar-refractivity contribution < 1.29 is 9.53 Å². The highest BCUT2D eigenvalue weighted by atomic mass is 16.5. The summed E-state index contributed by atoms with van der Waals surface area (Å²) in [5.74, 6) is 0.262. The molecule has 1 aromatic rings. The van der Waals surface area contributed by atoms with Crippen LogP contribution in [-0.2, 0) is 4.74 Å². The number of benzene rings is 1. The minimum Gasteiger partial charge on any atom is -0.375 e. The summed E-state index contributed by atoms with van der Waals surface area (Å²) in [5, 5.41) is 0. The highest BCUT2D eigenvalue weighted by Gasteiger charge is 2.36. The van der Waals surface area contributed by atoms with Gasteiger partial charge in [-0.05, 0) is 51.2 Å². The van der Waals surface area contributed by atoms with E-state index in [0.29, 0.717) is 18.7 Å². The first-order chi connectivity index (χ1) is 10.1. The number of hydrogen-bond acceptors (Lipinski definition) is 3. The second-order valence-corrected chi connectivity index (χ2v) is 6.57. The van der Waals surface area contributed by atoms with Crippen molar-refractivity contribution in [3.63, 3.8) is 0 Å². The number of ketones is 1. The lowest BCUT2D eigenvalue weighted by molar-refractivity contribution is -0.0522. The third kappa shape index (κ3) is 2.90. The van der Waals surface area contributed by atoms with E-state index < -0.39 is 0 Å². The van der Waals surface area contributed by atoms with E-state index in [-0.39, 0.29) is 5.78 Å². The molecule has 1 saturated heterocycles. The molecule has 0 amide bonds. The highest BCUT2D eigenvalue weighted by Crippen LogP contribution is 2.30. The maximum absolute atomic E-state index is 12.8. The van der Waals surface area contributed by atoms with Crippen LogP contribution >= 0.6 is 0 Å². The minimum absolute atomic E-state index is 0.262. The molecule has 2 fully saturated rings. The topological polar surface area (TPSA) is 29.5 Å². The molecule has 2 unspecified atom stereocenters. The molecular weight excluding hydrogens is 262 g/mol. The molecule has 21 heavy (non-hydrogen) atoms. The summed E-state index contributed by atoms with van der Waals surface area (Å²) in [6.45, 7) is 8.36. The number of morpholine rings is 1. The average Bonchev–Trinajstić information content (AvgIpc) is 2.86. The molecular formula is C18H25NO2. The van der Waals surface area contributed by atoms with Crippen molar-refractivity contribution in [2.75, 3.05) is 19.7 Å². The van der Waals surface area contributed by atoms with E-state index in [9.17, 15) is 4.79 Å². The fourth-order valence-corrected chi connectivity index (χ4v) is 4.09. The second kappa shape index (κ2) is 5.90. The van der Waals surface area contributed by atoms with Crippen molar-refractivity contribution in [3.05, 3.63) is 34.4 Å². The molecule has 2 aliphatic rings. The van der Waals surface area contributed by atoms with Crippen LogP contribution in [0.5, 0.6) is 0 Å². The van der Waals surface area contributed by atoms with Crippen LogP contribution in [0.2, 0.25) is 0 Å². The van der Waals surface area contributed by atoms with Crippen LogP contribution in [0.25, 0.3) is 0 Å². The molecule has 3 rings (SSSR count). The van der Waals surface area contributed by atoms with Gasteiger partial charge in [0.25, 0.3) is 0 Å². The van der Waals surface area contributed by atoms with Crippen LogP contribution in [0.4, 0.5) is 0 Å². The number of carbonyl (C=O) groups excluding carboxylic acids is 1. The zero-order valence-electron chi connectivity index (χ0n) is 13.3. The largest absolute Gasteiger partial charge is 0.375 e. The normalized spacial score (nSPS) is 25.9. The first-order valence-electron chi connectivity index (χ1n) is 8.03. The maximum atomic E-state index is 12.8. The summed E-state index contributed by atoms with van der Waals surface area (Å²) in [4.78, 5) is 15.1. The number of nitrogens with zero attached hydrogens (tertiary/aromatic N) is 1. The molecule has 1 aromatic carbocycles. The molecule has 114 valence electrons. The van der Waals surface area contributed by atoms with Gasteiger partial charge in [-0.3, -0.25) is 9.69 Å². The summed E-state index contributed by atoms with van der Waals surface area (Å²) >= 11 is 0. The molecule has 1 aliphatic heterocycles. The van der Waals surface area contributed by atoms with E-state index in [2.05, 4.69) is 24.0 Å². The van der Waals surface area contributed by atoms with E-state index in [0.717, 1.165) is 36.3 Å². The van der Waals surface area contributed by atoms with Gasteiger partial charge in [0, 0.05) is 18.2 Å². The minimum atomic E-state index is 0.262. The highest BCUT2D eigenvalue weighted by molar-refractivity contribution is 6.00. The van der Waals surface area contributed by atoms with Gasteiger partial charge in [0.1, 0.15) is 0 Å². The number of aryl methyl sites for hydroxylation is 3. The van der Waals surface area contributed by atoms with E-state index in [1.54, 1.807) is 0 Å². The Kier molecular flexibility index (Phi) is 4.14. The van der Waals surface area contributed by atoms with Gasteiger partial charge in [-0.1, -0.05) is 17.7 Å². The lowest BCUT2D eigenvalue weighted by Gasteiger charge is -2.37. The lowest BCUT2D eigenvalue weighted by atomic mass is 9.96. The van der Waals surface area contributed by atoms with Crippen molar-refractivity contribution in [2.24, 2.45) is 0 Å². The van der Waals surface area contributed by atoms with Crippen molar-refractivity contribution in [2.45, 2.75) is 52.2 Å². The zero-order chi connectivity index (χ0) is 15.0. The van der Waals surface area contributed by atoms with Crippen molar-refractivity contribution in [3.8, 4) is 0 Å².